The lowest BCUT2D eigenvalue weighted by Crippen LogP contribution is -2.14. The first-order chi connectivity index (χ1) is 8.65. The third-order valence-electron chi connectivity index (χ3n) is 3.81. The Kier molecular flexibility index (Phi) is 3.01. The van der Waals surface area contributed by atoms with E-state index in [-0.39, 0.29) is 5.82 Å². The molecule has 0 unspecified atom stereocenters. The maximum atomic E-state index is 13.6. The number of nitrogens with two attached hydrogens (primary N) is 1. The third-order valence-corrected chi connectivity index (χ3v) is 4.41. The van der Waals surface area contributed by atoms with E-state index < -0.39 is 0 Å². The van der Waals surface area contributed by atoms with Crippen LogP contribution in [0.25, 0.3) is 11.0 Å². The Morgan fingerprint density at radius 1 is 1.44 bits per heavy atom. The number of benzene rings is 1. The van der Waals surface area contributed by atoms with Gasteiger partial charge in [-0.2, -0.15) is 0 Å². The van der Waals surface area contributed by atoms with Crippen LogP contribution >= 0.6 is 15.9 Å². The van der Waals surface area contributed by atoms with Gasteiger partial charge in [-0.25, -0.2) is 9.37 Å². The second-order valence-electron chi connectivity index (χ2n) is 4.96. The van der Waals surface area contributed by atoms with Crippen molar-refractivity contribution in [3.63, 3.8) is 0 Å². The minimum absolute atomic E-state index is 0.271. The Balaban J connectivity index is 1.93. The molecular formula is C13H15BrFN3. The summed E-state index contributed by atoms with van der Waals surface area (Å²) in [4.78, 5) is 4.28. The number of nitrogen functional groups attached to an aromatic ring is 1. The number of fused-ring (bicyclic) bond motifs is 1. The highest BCUT2D eigenvalue weighted by Gasteiger charge is 2.18. The standard InChI is InChI=1S/C13H15BrFN3/c14-9-6-11-12(7-10(9)15)18(13(16)17-11)5-4-8-2-1-3-8/h6-8H,1-5H2,(H2,16,17). The quantitative estimate of drug-likeness (QED) is 0.939. The van der Waals surface area contributed by atoms with Crippen molar-refractivity contribution in [2.24, 2.45) is 5.92 Å². The van der Waals surface area contributed by atoms with Crippen molar-refractivity contribution in [2.45, 2.75) is 32.2 Å². The van der Waals surface area contributed by atoms with Gasteiger partial charge in [-0.3, -0.25) is 0 Å². The fraction of sp³-hybridized carbons (Fsp3) is 0.462. The van der Waals surface area contributed by atoms with Crippen molar-refractivity contribution in [1.82, 2.24) is 9.55 Å². The molecule has 1 heterocycles. The summed E-state index contributed by atoms with van der Waals surface area (Å²) < 4.78 is 15.9. The number of rotatable bonds is 3. The molecule has 2 N–H and O–H groups in total. The molecule has 5 heteroatoms. The van der Waals surface area contributed by atoms with E-state index in [1.165, 1.54) is 25.3 Å². The summed E-state index contributed by atoms with van der Waals surface area (Å²) in [6.07, 6.45) is 5.07. The molecule has 0 saturated heterocycles. The Bertz CT molecular complexity index is 589. The van der Waals surface area contributed by atoms with Crippen LogP contribution in [0, 0.1) is 11.7 Å². The second kappa shape index (κ2) is 4.53. The normalized spacial score (nSPS) is 16.1. The molecular weight excluding hydrogens is 297 g/mol. The smallest absolute Gasteiger partial charge is 0.201 e. The van der Waals surface area contributed by atoms with E-state index in [0.29, 0.717) is 10.4 Å². The number of imidazole rings is 1. The summed E-state index contributed by atoms with van der Waals surface area (Å²) in [5, 5.41) is 0. The molecule has 0 aliphatic heterocycles. The topological polar surface area (TPSA) is 43.8 Å². The first kappa shape index (κ1) is 12.0. The molecule has 0 amide bonds. The molecule has 3 nitrogen and oxygen atoms in total. The molecule has 0 atom stereocenters. The summed E-state index contributed by atoms with van der Waals surface area (Å²) in [7, 11) is 0. The number of halogens is 2. The van der Waals surface area contributed by atoms with Crippen LogP contribution in [0.4, 0.5) is 10.3 Å². The van der Waals surface area contributed by atoms with Crippen molar-refractivity contribution in [1.29, 1.82) is 0 Å². The van der Waals surface area contributed by atoms with Crippen LogP contribution in [0.2, 0.25) is 0 Å². The number of aryl methyl sites for hydroxylation is 1. The molecule has 0 bridgehead atoms. The van der Waals surface area contributed by atoms with E-state index in [1.807, 2.05) is 4.57 Å². The summed E-state index contributed by atoms with van der Waals surface area (Å²) in [5.74, 6) is 1.01. The molecule has 1 aliphatic rings. The van der Waals surface area contributed by atoms with Gasteiger partial charge < -0.3 is 10.3 Å². The highest BCUT2D eigenvalue weighted by atomic mass is 79.9. The van der Waals surface area contributed by atoms with Crippen molar-refractivity contribution >= 4 is 32.9 Å². The Hall–Kier alpha value is -1.10. The van der Waals surface area contributed by atoms with Gasteiger partial charge in [0.15, 0.2) is 0 Å². The summed E-state index contributed by atoms with van der Waals surface area (Å²) >= 11 is 3.17. The Labute approximate surface area is 113 Å². The van der Waals surface area contributed by atoms with Gasteiger partial charge in [-0.05, 0) is 34.3 Å². The van der Waals surface area contributed by atoms with Gasteiger partial charge in [0.2, 0.25) is 5.95 Å². The van der Waals surface area contributed by atoms with Crippen molar-refractivity contribution in [3.05, 3.63) is 22.4 Å². The van der Waals surface area contributed by atoms with E-state index in [9.17, 15) is 4.39 Å². The number of hydrogen-bond donors (Lipinski definition) is 1. The lowest BCUT2D eigenvalue weighted by molar-refractivity contribution is 0.284. The largest absolute Gasteiger partial charge is 0.369 e. The van der Waals surface area contributed by atoms with Crippen LogP contribution in [-0.2, 0) is 6.54 Å². The highest BCUT2D eigenvalue weighted by Crippen LogP contribution is 2.31. The van der Waals surface area contributed by atoms with E-state index in [0.717, 1.165) is 29.9 Å². The van der Waals surface area contributed by atoms with Crippen LogP contribution in [0.1, 0.15) is 25.7 Å². The van der Waals surface area contributed by atoms with Crippen LogP contribution < -0.4 is 5.73 Å². The molecule has 1 saturated carbocycles. The monoisotopic (exact) mass is 311 g/mol. The molecule has 18 heavy (non-hydrogen) atoms. The molecule has 3 rings (SSSR count). The van der Waals surface area contributed by atoms with Gasteiger partial charge >= 0.3 is 0 Å². The fourth-order valence-corrected chi connectivity index (χ4v) is 2.80. The van der Waals surface area contributed by atoms with E-state index in [1.54, 1.807) is 6.07 Å². The summed E-state index contributed by atoms with van der Waals surface area (Å²) in [6, 6.07) is 3.18. The predicted molar refractivity (Wildman–Crippen MR) is 73.8 cm³/mol. The molecule has 0 radical (unpaired) electrons. The first-order valence-electron chi connectivity index (χ1n) is 6.26. The van der Waals surface area contributed by atoms with Gasteiger partial charge in [0.25, 0.3) is 0 Å². The van der Waals surface area contributed by atoms with Crippen LogP contribution in [0.5, 0.6) is 0 Å². The average Bonchev–Trinajstić information content (AvgIpc) is 2.54. The molecule has 1 fully saturated rings. The van der Waals surface area contributed by atoms with E-state index in [4.69, 9.17) is 5.73 Å². The van der Waals surface area contributed by atoms with Gasteiger partial charge in [0.05, 0.1) is 15.5 Å². The lowest BCUT2D eigenvalue weighted by Gasteiger charge is -2.25. The zero-order chi connectivity index (χ0) is 12.7. The van der Waals surface area contributed by atoms with Crippen molar-refractivity contribution < 1.29 is 4.39 Å². The number of hydrogen-bond acceptors (Lipinski definition) is 2. The van der Waals surface area contributed by atoms with Crippen molar-refractivity contribution in [2.75, 3.05) is 5.73 Å². The van der Waals surface area contributed by atoms with Crippen LogP contribution in [0.15, 0.2) is 16.6 Å². The molecule has 96 valence electrons. The lowest BCUT2D eigenvalue weighted by atomic mass is 9.83. The van der Waals surface area contributed by atoms with Crippen molar-refractivity contribution in [3.8, 4) is 0 Å². The second-order valence-corrected chi connectivity index (χ2v) is 5.82. The fourth-order valence-electron chi connectivity index (χ4n) is 2.47. The maximum Gasteiger partial charge on any atom is 0.201 e. The average molecular weight is 312 g/mol. The first-order valence-corrected chi connectivity index (χ1v) is 7.05. The van der Waals surface area contributed by atoms with Gasteiger partial charge in [-0.15, -0.1) is 0 Å². The van der Waals surface area contributed by atoms with E-state index in [2.05, 4.69) is 20.9 Å². The molecule has 1 aliphatic carbocycles. The van der Waals surface area contributed by atoms with Gasteiger partial charge in [-0.1, -0.05) is 19.3 Å². The minimum atomic E-state index is -0.271. The summed E-state index contributed by atoms with van der Waals surface area (Å²) in [6.45, 7) is 0.827. The zero-order valence-electron chi connectivity index (χ0n) is 10.00. The Morgan fingerprint density at radius 2 is 2.22 bits per heavy atom. The Morgan fingerprint density at radius 3 is 2.89 bits per heavy atom. The number of aromatic nitrogens is 2. The molecule has 0 spiro atoms. The zero-order valence-corrected chi connectivity index (χ0v) is 11.6. The van der Waals surface area contributed by atoms with Gasteiger partial charge in [0, 0.05) is 12.6 Å². The minimum Gasteiger partial charge on any atom is -0.369 e. The van der Waals surface area contributed by atoms with Crippen LogP contribution in [0.3, 0.4) is 0 Å². The molecule has 1 aromatic heterocycles. The van der Waals surface area contributed by atoms with Gasteiger partial charge in [0.1, 0.15) is 5.82 Å². The number of nitrogens with zero attached hydrogens (tertiary/aromatic N) is 2. The van der Waals surface area contributed by atoms with E-state index >= 15 is 0 Å². The number of anilines is 1. The maximum absolute atomic E-state index is 13.6. The predicted octanol–water partition coefficient (Wildman–Crippen LogP) is 3.71. The summed E-state index contributed by atoms with van der Waals surface area (Å²) in [5.41, 5.74) is 7.44. The SMILES string of the molecule is Nc1nc2cc(Br)c(F)cc2n1CCC1CCC1. The molecule has 2 aromatic rings. The van der Waals surface area contributed by atoms with Crippen LogP contribution in [-0.4, -0.2) is 9.55 Å². The molecule has 1 aromatic carbocycles. The third kappa shape index (κ3) is 2.00. The highest BCUT2D eigenvalue weighted by molar-refractivity contribution is 9.10.